The maximum absolute atomic E-state index is 12.8. The smallest absolute Gasteiger partial charge is 0.265 e. The normalized spacial score (nSPS) is 13.9. The summed E-state index contributed by atoms with van der Waals surface area (Å²) in [7, 11) is -4.09. The Bertz CT molecular complexity index is 524. The Hall–Kier alpha value is -0.640. The van der Waals surface area contributed by atoms with Crippen molar-refractivity contribution < 1.29 is 26.7 Å². The third-order valence-electron chi connectivity index (χ3n) is 1.96. The van der Waals surface area contributed by atoms with Crippen LogP contribution in [0.5, 0.6) is 0 Å². The number of alkyl halides is 2. The molecule has 1 aromatic rings. The Morgan fingerprint density at radius 2 is 2.00 bits per heavy atom. The molecule has 0 spiro atoms. The minimum Gasteiger partial charge on any atom is -0.386 e. The molecule has 0 amide bonds. The van der Waals surface area contributed by atoms with Crippen molar-refractivity contribution in [2.75, 3.05) is 6.54 Å². The molecule has 0 aliphatic carbocycles. The van der Waals surface area contributed by atoms with Crippen molar-refractivity contribution in [3.05, 3.63) is 28.5 Å². The van der Waals surface area contributed by atoms with Gasteiger partial charge >= 0.3 is 0 Å². The molecule has 18 heavy (non-hydrogen) atoms. The molecule has 0 fully saturated rings. The van der Waals surface area contributed by atoms with Gasteiger partial charge in [0.2, 0.25) is 10.0 Å². The molecule has 1 aromatic carbocycles. The van der Waals surface area contributed by atoms with Gasteiger partial charge in [-0.25, -0.2) is 26.3 Å². The third kappa shape index (κ3) is 3.94. The molecule has 102 valence electrons. The second kappa shape index (κ2) is 6.00. The number of nitrogens with one attached hydrogen (secondary N) is 1. The molecule has 1 atom stereocenters. The fraction of sp³-hybridized carbons (Fsp3) is 0.333. The van der Waals surface area contributed by atoms with E-state index in [2.05, 4.69) is 15.9 Å². The van der Waals surface area contributed by atoms with Gasteiger partial charge in [0.25, 0.3) is 6.43 Å². The highest BCUT2D eigenvalue weighted by atomic mass is 79.9. The number of aliphatic hydroxyl groups excluding tert-OH is 1. The molecule has 4 nitrogen and oxygen atoms in total. The first-order chi connectivity index (χ1) is 8.24. The summed E-state index contributed by atoms with van der Waals surface area (Å²) < 4.78 is 61.9. The molecule has 9 heteroatoms. The number of aliphatic hydroxyl groups is 1. The van der Waals surface area contributed by atoms with Gasteiger partial charge in [-0.2, -0.15) is 0 Å². The van der Waals surface area contributed by atoms with E-state index in [0.717, 1.165) is 18.2 Å². The molecule has 1 rings (SSSR count). The monoisotopic (exact) mass is 347 g/mol. The molecule has 0 aliphatic heterocycles. The van der Waals surface area contributed by atoms with Crippen molar-refractivity contribution in [2.45, 2.75) is 17.4 Å². The van der Waals surface area contributed by atoms with Crippen LogP contribution in [-0.4, -0.2) is 32.6 Å². The van der Waals surface area contributed by atoms with Crippen LogP contribution in [0.15, 0.2) is 27.6 Å². The van der Waals surface area contributed by atoms with Crippen molar-refractivity contribution in [1.82, 2.24) is 4.72 Å². The Morgan fingerprint density at radius 1 is 1.39 bits per heavy atom. The second-order valence-electron chi connectivity index (χ2n) is 3.33. The van der Waals surface area contributed by atoms with E-state index in [1.807, 2.05) is 0 Å². The molecule has 0 saturated carbocycles. The first-order valence-electron chi connectivity index (χ1n) is 4.65. The van der Waals surface area contributed by atoms with Crippen molar-refractivity contribution in [2.24, 2.45) is 0 Å². The fourth-order valence-electron chi connectivity index (χ4n) is 1.06. The topological polar surface area (TPSA) is 66.4 Å². The van der Waals surface area contributed by atoms with Crippen molar-refractivity contribution >= 4 is 26.0 Å². The van der Waals surface area contributed by atoms with Gasteiger partial charge in [0.05, 0.1) is 4.90 Å². The van der Waals surface area contributed by atoms with Crippen LogP contribution in [0.25, 0.3) is 0 Å². The van der Waals surface area contributed by atoms with Gasteiger partial charge in [0.1, 0.15) is 11.9 Å². The zero-order valence-corrected chi connectivity index (χ0v) is 11.2. The van der Waals surface area contributed by atoms with Gasteiger partial charge in [-0.1, -0.05) is 0 Å². The lowest BCUT2D eigenvalue weighted by Gasteiger charge is -2.12. The Labute approximate surface area is 110 Å². The molecular formula is C9H9BrF3NO3S. The van der Waals surface area contributed by atoms with E-state index in [9.17, 15) is 21.6 Å². The quantitative estimate of drug-likeness (QED) is 0.848. The maximum Gasteiger partial charge on any atom is 0.265 e. The van der Waals surface area contributed by atoms with Crippen LogP contribution in [0.1, 0.15) is 0 Å². The molecule has 0 aliphatic rings. The van der Waals surface area contributed by atoms with Crippen LogP contribution in [0.2, 0.25) is 0 Å². The predicted molar refractivity (Wildman–Crippen MR) is 61.3 cm³/mol. The number of halogens is 4. The van der Waals surface area contributed by atoms with Gasteiger partial charge in [-0.3, -0.25) is 0 Å². The van der Waals surface area contributed by atoms with E-state index in [0.29, 0.717) is 0 Å². The second-order valence-corrected chi connectivity index (χ2v) is 5.92. The number of benzene rings is 1. The summed E-state index contributed by atoms with van der Waals surface area (Å²) in [5, 5.41) is 8.80. The summed E-state index contributed by atoms with van der Waals surface area (Å²) in [6, 6.07) is 2.83. The van der Waals surface area contributed by atoms with Crippen molar-refractivity contribution in [3.63, 3.8) is 0 Å². The highest BCUT2D eigenvalue weighted by Crippen LogP contribution is 2.22. The number of rotatable bonds is 5. The van der Waals surface area contributed by atoms with E-state index >= 15 is 0 Å². The van der Waals surface area contributed by atoms with E-state index in [1.54, 1.807) is 4.72 Å². The van der Waals surface area contributed by atoms with E-state index in [-0.39, 0.29) is 9.37 Å². The van der Waals surface area contributed by atoms with Crippen molar-refractivity contribution in [3.8, 4) is 0 Å². The maximum atomic E-state index is 12.8. The first-order valence-corrected chi connectivity index (χ1v) is 6.92. The standard InChI is InChI=1S/C9H9BrF3NO3S/c10-6-3-5(11)1-2-8(6)18(16,17)14-4-7(15)9(12)13/h1-3,7,9,14-15H,4H2. The molecule has 0 radical (unpaired) electrons. The molecule has 0 aromatic heterocycles. The fourth-order valence-corrected chi connectivity index (χ4v) is 3.15. The molecular weight excluding hydrogens is 339 g/mol. The van der Waals surface area contributed by atoms with Gasteiger partial charge < -0.3 is 5.11 Å². The van der Waals surface area contributed by atoms with E-state index in [4.69, 9.17) is 5.11 Å². The summed E-state index contributed by atoms with van der Waals surface area (Å²) in [5.74, 6) is -0.645. The summed E-state index contributed by atoms with van der Waals surface area (Å²) in [6.45, 7) is -0.830. The summed E-state index contributed by atoms with van der Waals surface area (Å²) in [4.78, 5) is -0.301. The molecule has 1 unspecified atom stereocenters. The van der Waals surface area contributed by atoms with E-state index in [1.165, 1.54) is 0 Å². The highest BCUT2D eigenvalue weighted by Gasteiger charge is 2.22. The molecule has 0 heterocycles. The minimum atomic E-state index is -4.09. The van der Waals surface area contributed by atoms with Crippen LogP contribution in [0, 0.1) is 5.82 Å². The average Bonchev–Trinajstić information content (AvgIpc) is 2.25. The lowest BCUT2D eigenvalue weighted by Crippen LogP contribution is -2.35. The minimum absolute atomic E-state index is 0.0402. The average molecular weight is 348 g/mol. The first kappa shape index (κ1) is 15.4. The van der Waals surface area contributed by atoms with Crippen LogP contribution < -0.4 is 4.72 Å². The predicted octanol–water partition coefficient (Wildman–Crippen LogP) is 1.49. The van der Waals surface area contributed by atoms with Crippen LogP contribution in [-0.2, 0) is 10.0 Å². The Balaban J connectivity index is 2.87. The Kier molecular flexibility index (Phi) is 5.14. The highest BCUT2D eigenvalue weighted by molar-refractivity contribution is 9.10. The van der Waals surface area contributed by atoms with Gasteiger partial charge in [-0.05, 0) is 34.1 Å². The lowest BCUT2D eigenvalue weighted by atomic mass is 10.3. The summed E-state index contributed by atoms with van der Waals surface area (Å²) in [6.07, 6.45) is -5.15. The molecule has 0 bridgehead atoms. The zero-order valence-electron chi connectivity index (χ0n) is 8.78. The van der Waals surface area contributed by atoms with Crippen LogP contribution in [0.3, 0.4) is 0 Å². The largest absolute Gasteiger partial charge is 0.386 e. The van der Waals surface area contributed by atoms with E-state index < -0.39 is 34.9 Å². The molecule has 2 N–H and O–H groups in total. The van der Waals surface area contributed by atoms with Crippen LogP contribution in [0.4, 0.5) is 13.2 Å². The van der Waals surface area contributed by atoms with Gasteiger partial charge in [-0.15, -0.1) is 0 Å². The summed E-state index contributed by atoms with van der Waals surface area (Å²) >= 11 is 2.85. The third-order valence-corrected chi connectivity index (χ3v) is 4.36. The SMILES string of the molecule is O=S(=O)(NCC(O)C(F)F)c1ccc(F)cc1Br. The number of sulfonamides is 1. The number of hydrogen-bond donors (Lipinski definition) is 2. The van der Waals surface area contributed by atoms with Gasteiger partial charge in [0, 0.05) is 11.0 Å². The molecule has 0 saturated heterocycles. The van der Waals surface area contributed by atoms with Gasteiger partial charge in [0.15, 0.2) is 0 Å². The lowest BCUT2D eigenvalue weighted by molar-refractivity contribution is -0.000452. The Morgan fingerprint density at radius 3 is 2.50 bits per heavy atom. The summed E-state index contributed by atoms with van der Waals surface area (Å²) in [5.41, 5.74) is 0. The zero-order chi connectivity index (χ0) is 13.9. The van der Waals surface area contributed by atoms with Crippen LogP contribution >= 0.6 is 15.9 Å². The number of hydrogen-bond acceptors (Lipinski definition) is 3. The van der Waals surface area contributed by atoms with Crippen molar-refractivity contribution in [1.29, 1.82) is 0 Å².